The van der Waals surface area contributed by atoms with E-state index in [1.165, 1.54) is 18.2 Å². The van der Waals surface area contributed by atoms with Crippen molar-refractivity contribution in [3.05, 3.63) is 72.3 Å². The molecule has 2 aromatic carbocycles. The third-order valence-corrected chi connectivity index (χ3v) is 4.19. The van der Waals surface area contributed by atoms with Crippen LogP contribution in [-0.2, 0) is 17.4 Å². The minimum atomic E-state index is -4.36. The number of anilines is 2. The van der Waals surface area contributed by atoms with E-state index < -0.39 is 11.7 Å². The number of carbonyl (C=O) groups is 1. The third kappa shape index (κ3) is 3.68. The molecule has 1 atom stereocenters. The van der Waals surface area contributed by atoms with Crippen LogP contribution in [0.4, 0.5) is 24.5 Å². The zero-order valence-corrected chi connectivity index (χ0v) is 13.4. The maximum Gasteiger partial charge on any atom is 0.416 e. The molecular formula is C19H17F3N2O. The minimum Gasteiger partial charge on any atom is -0.348 e. The normalized spacial score (nSPS) is 16.9. The SMILES string of the molecule is C=CC(=O)N[C@H]1Cc2ccccc2N(c2ccc(C(F)(F)F)cc2)C1. The molecule has 1 aliphatic heterocycles. The molecule has 1 N–H and O–H groups in total. The zero-order chi connectivity index (χ0) is 18.0. The summed E-state index contributed by atoms with van der Waals surface area (Å²) in [5.74, 6) is -0.267. The molecule has 0 radical (unpaired) electrons. The van der Waals surface area contributed by atoms with Crippen LogP contribution in [0.25, 0.3) is 0 Å². The largest absolute Gasteiger partial charge is 0.416 e. The van der Waals surface area contributed by atoms with E-state index in [1.807, 2.05) is 29.2 Å². The predicted molar refractivity (Wildman–Crippen MR) is 90.7 cm³/mol. The number of carbonyl (C=O) groups excluding carboxylic acids is 1. The molecule has 0 saturated heterocycles. The number of alkyl halides is 3. The average Bonchev–Trinajstić information content (AvgIpc) is 2.60. The Balaban J connectivity index is 1.93. The first-order valence-electron chi connectivity index (χ1n) is 7.84. The van der Waals surface area contributed by atoms with Gasteiger partial charge in [-0.3, -0.25) is 4.79 Å². The molecule has 0 saturated carbocycles. The minimum absolute atomic E-state index is 0.150. The average molecular weight is 346 g/mol. The zero-order valence-electron chi connectivity index (χ0n) is 13.4. The van der Waals surface area contributed by atoms with Gasteiger partial charge in [0.2, 0.25) is 5.91 Å². The molecule has 130 valence electrons. The summed E-state index contributed by atoms with van der Waals surface area (Å²) < 4.78 is 38.3. The molecule has 1 heterocycles. The van der Waals surface area contributed by atoms with Crippen molar-refractivity contribution in [2.45, 2.75) is 18.6 Å². The Labute approximate surface area is 143 Å². The first-order valence-corrected chi connectivity index (χ1v) is 7.84. The first-order chi connectivity index (χ1) is 11.9. The van der Waals surface area contributed by atoms with Crippen molar-refractivity contribution in [1.29, 1.82) is 0 Å². The molecule has 0 aromatic heterocycles. The second-order valence-electron chi connectivity index (χ2n) is 5.90. The Hall–Kier alpha value is -2.76. The van der Waals surface area contributed by atoms with E-state index in [9.17, 15) is 18.0 Å². The summed E-state index contributed by atoms with van der Waals surface area (Å²) in [6.07, 6.45) is -2.49. The highest BCUT2D eigenvalue weighted by Crippen LogP contribution is 2.35. The van der Waals surface area contributed by atoms with Crippen LogP contribution >= 0.6 is 0 Å². The number of benzene rings is 2. The monoisotopic (exact) mass is 346 g/mol. The van der Waals surface area contributed by atoms with E-state index in [1.54, 1.807) is 0 Å². The number of nitrogens with one attached hydrogen (secondary N) is 1. The van der Waals surface area contributed by atoms with Crippen LogP contribution < -0.4 is 10.2 Å². The van der Waals surface area contributed by atoms with E-state index in [0.29, 0.717) is 18.7 Å². The van der Waals surface area contributed by atoms with E-state index in [-0.39, 0.29) is 11.9 Å². The Morgan fingerprint density at radius 1 is 1.16 bits per heavy atom. The standard InChI is InChI=1S/C19H17F3N2O/c1-2-18(25)23-15-11-13-5-3-4-6-17(13)24(12-15)16-9-7-14(8-10-16)19(20,21)22/h2-10,15H,1,11-12H2,(H,23,25)/t15-/m0/s1. The molecule has 3 nitrogen and oxygen atoms in total. The lowest BCUT2D eigenvalue weighted by atomic mass is 9.97. The van der Waals surface area contributed by atoms with Gasteiger partial charge in [-0.05, 0) is 48.4 Å². The van der Waals surface area contributed by atoms with E-state index in [4.69, 9.17) is 0 Å². The maximum absolute atomic E-state index is 12.8. The lowest BCUT2D eigenvalue weighted by Gasteiger charge is -2.36. The van der Waals surface area contributed by atoms with Gasteiger partial charge in [0, 0.05) is 17.9 Å². The van der Waals surface area contributed by atoms with Crippen LogP contribution in [-0.4, -0.2) is 18.5 Å². The van der Waals surface area contributed by atoms with Gasteiger partial charge in [0.25, 0.3) is 0 Å². The predicted octanol–water partition coefficient (Wildman–Crippen LogP) is 4.07. The van der Waals surface area contributed by atoms with Gasteiger partial charge < -0.3 is 10.2 Å². The fourth-order valence-electron chi connectivity index (χ4n) is 3.03. The summed E-state index contributed by atoms with van der Waals surface area (Å²) in [7, 11) is 0. The van der Waals surface area contributed by atoms with Crippen molar-refractivity contribution in [3.8, 4) is 0 Å². The van der Waals surface area contributed by atoms with Crippen molar-refractivity contribution in [2.24, 2.45) is 0 Å². The van der Waals surface area contributed by atoms with Gasteiger partial charge >= 0.3 is 6.18 Å². The molecule has 3 rings (SSSR count). The summed E-state index contributed by atoms with van der Waals surface area (Å²) in [5, 5.41) is 2.87. The second kappa shape index (κ2) is 6.63. The van der Waals surface area contributed by atoms with Gasteiger partial charge in [0.05, 0.1) is 11.6 Å². The van der Waals surface area contributed by atoms with Crippen molar-refractivity contribution >= 4 is 17.3 Å². The quantitative estimate of drug-likeness (QED) is 0.850. The fourth-order valence-corrected chi connectivity index (χ4v) is 3.03. The molecule has 1 aliphatic rings. The molecule has 0 fully saturated rings. The van der Waals surface area contributed by atoms with Crippen molar-refractivity contribution in [3.63, 3.8) is 0 Å². The van der Waals surface area contributed by atoms with Crippen molar-refractivity contribution in [1.82, 2.24) is 5.32 Å². The van der Waals surface area contributed by atoms with Gasteiger partial charge in [-0.15, -0.1) is 0 Å². The van der Waals surface area contributed by atoms with Crippen LogP contribution in [0.2, 0.25) is 0 Å². The molecular weight excluding hydrogens is 329 g/mol. The number of fused-ring (bicyclic) bond motifs is 1. The fraction of sp³-hybridized carbons (Fsp3) is 0.211. The summed E-state index contributed by atoms with van der Waals surface area (Å²) >= 11 is 0. The Bertz CT molecular complexity index is 784. The first kappa shape index (κ1) is 17.1. The van der Waals surface area contributed by atoms with Crippen LogP contribution in [0.15, 0.2) is 61.2 Å². The van der Waals surface area contributed by atoms with Gasteiger partial charge in [-0.2, -0.15) is 13.2 Å². The summed E-state index contributed by atoms with van der Waals surface area (Å²) in [4.78, 5) is 13.5. The summed E-state index contributed by atoms with van der Waals surface area (Å²) in [5.41, 5.74) is 1.94. The number of hydrogen-bond donors (Lipinski definition) is 1. The van der Waals surface area contributed by atoms with E-state index in [2.05, 4.69) is 11.9 Å². The van der Waals surface area contributed by atoms with Gasteiger partial charge in [-0.25, -0.2) is 0 Å². The second-order valence-corrected chi connectivity index (χ2v) is 5.90. The molecule has 0 unspecified atom stereocenters. The van der Waals surface area contributed by atoms with Crippen LogP contribution in [0.1, 0.15) is 11.1 Å². The molecule has 6 heteroatoms. The number of nitrogens with zero attached hydrogens (tertiary/aromatic N) is 1. The molecule has 25 heavy (non-hydrogen) atoms. The van der Waals surface area contributed by atoms with Crippen LogP contribution in [0, 0.1) is 0 Å². The van der Waals surface area contributed by atoms with Crippen molar-refractivity contribution < 1.29 is 18.0 Å². The number of amides is 1. The van der Waals surface area contributed by atoms with E-state index in [0.717, 1.165) is 23.4 Å². The highest BCUT2D eigenvalue weighted by Gasteiger charge is 2.31. The third-order valence-electron chi connectivity index (χ3n) is 4.19. The molecule has 1 amide bonds. The van der Waals surface area contributed by atoms with Gasteiger partial charge in [0.1, 0.15) is 0 Å². The highest BCUT2D eigenvalue weighted by atomic mass is 19.4. The molecule has 0 spiro atoms. The van der Waals surface area contributed by atoms with E-state index >= 15 is 0 Å². The Morgan fingerprint density at radius 3 is 2.48 bits per heavy atom. The lowest BCUT2D eigenvalue weighted by Crippen LogP contribution is -2.46. The van der Waals surface area contributed by atoms with Gasteiger partial charge in [0.15, 0.2) is 0 Å². The van der Waals surface area contributed by atoms with Crippen LogP contribution in [0.3, 0.4) is 0 Å². The van der Waals surface area contributed by atoms with Crippen LogP contribution in [0.5, 0.6) is 0 Å². The highest BCUT2D eigenvalue weighted by molar-refractivity contribution is 5.87. The van der Waals surface area contributed by atoms with Gasteiger partial charge in [-0.1, -0.05) is 24.8 Å². The summed E-state index contributed by atoms with van der Waals surface area (Å²) in [6, 6.07) is 12.6. The molecule has 0 aliphatic carbocycles. The number of rotatable bonds is 3. The smallest absolute Gasteiger partial charge is 0.348 e. The lowest BCUT2D eigenvalue weighted by molar-refractivity contribution is -0.137. The summed E-state index contributed by atoms with van der Waals surface area (Å²) in [6.45, 7) is 3.92. The molecule has 2 aromatic rings. The number of hydrogen-bond acceptors (Lipinski definition) is 2. The number of para-hydroxylation sites is 1. The Kier molecular flexibility index (Phi) is 4.53. The Morgan fingerprint density at radius 2 is 1.84 bits per heavy atom. The number of halogens is 3. The maximum atomic E-state index is 12.8. The molecule has 0 bridgehead atoms. The topological polar surface area (TPSA) is 32.3 Å². The van der Waals surface area contributed by atoms with Crippen molar-refractivity contribution in [2.75, 3.05) is 11.4 Å².